The zero-order valence-electron chi connectivity index (χ0n) is 12.2. The molecule has 0 atom stereocenters. The molecule has 0 spiro atoms. The molecule has 0 fully saturated rings. The number of ether oxygens (including phenoxy) is 1. The highest BCUT2D eigenvalue weighted by molar-refractivity contribution is 6.30. The zero-order valence-corrected chi connectivity index (χ0v) is 13.0. The SMILES string of the molecule is COc1ccc2[nH]c(C(=O)Nc3ccc(Cl)cc3C)cc2c1. The van der Waals surface area contributed by atoms with Gasteiger partial charge in [0.05, 0.1) is 7.11 Å². The summed E-state index contributed by atoms with van der Waals surface area (Å²) in [7, 11) is 1.62. The van der Waals surface area contributed by atoms with E-state index in [9.17, 15) is 4.79 Å². The number of aromatic amines is 1. The van der Waals surface area contributed by atoms with E-state index < -0.39 is 0 Å². The van der Waals surface area contributed by atoms with Gasteiger partial charge >= 0.3 is 0 Å². The van der Waals surface area contributed by atoms with Crippen molar-refractivity contribution in [3.8, 4) is 5.75 Å². The lowest BCUT2D eigenvalue weighted by molar-refractivity contribution is 0.102. The van der Waals surface area contributed by atoms with Gasteiger partial charge in [-0.1, -0.05) is 11.6 Å². The molecule has 0 aliphatic heterocycles. The van der Waals surface area contributed by atoms with Crippen LogP contribution in [0.4, 0.5) is 5.69 Å². The third-order valence-electron chi connectivity index (χ3n) is 3.51. The lowest BCUT2D eigenvalue weighted by atomic mass is 10.2. The molecule has 1 amide bonds. The predicted octanol–water partition coefficient (Wildman–Crippen LogP) is 4.39. The van der Waals surface area contributed by atoms with Crippen LogP contribution in [0.2, 0.25) is 5.02 Å². The number of fused-ring (bicyclic) bond motifs is 1. The summed E-state index contributed by atoms with van der Waals surface area (Å²) in [4.78, 5) is 15.5. The monoisotopic (exact) mass is 314 g/mol. The van der Waals surface area contributed by atoms with Gasteiger partial charge in [0.15, 0.2) is 0 Å². The maximum atomic E-state index is 12.4. The van der Waals surface area contributed by atoms with Crippen LogP contribution in [0.1, 0.15) is 16.1 Å². The molecule has 112 valence electrons. The first-order valence-corrected chi connectivity index (χ1v) is 7.19. The maximum Gasteiger partial charge on any atom is 0.272 e. The van der Waals surface area contributed by atoms with Gasteiger partial charge in [0.2, 0.25) is 0 Å². The minimum atomic E-state index is -0.194. The molecule has 2 N–H and O–H groups in total. The van der Waals surface area contributed by atoms with Crippen LogP contribution in [0, 0.1) is 6.92 Å². The predicted molar refractivity (Wildman–Crippen MR) is 89.0 cm³/mol. The summed E-state index contributed by atoms with van der Waals surface area (Å²) in [6.45, 7) is 1.90. The molecule has 1 aromatic heterocycles. The Bertz CT molecular complexity index is 855. The van der Waals surface area contributed by atoms with E-state index in [4.69, 9.17) is 16.3 Å². The Morgan fingerprint density at radius 1 is 1.18 bits per heavy atom. The second-order valence-corrected chi connectivity index (χ2v) is 5.49. The molecule has 5 heteroatoms. The molecule has 4 nitrogen and oxygen atoms in total. The number of benzene rings is 2. The van der Waals surface area contributed by atoms with Gasteiger partial charge in [-0.25, -0.2) is 0 Å². The number of nitrogens with one attached hydrogen (secondary N) is 2. The van der Waals surface area contributed by atoms with Crippen LogP contribution in [0.15, 0.2) is 42.5 Å². The highest BCUT2D eigenvalue weighted by Crippen LogP contribution is 2.23. The normalized spacial score (nSPS) is 10.7. The van der Waals surface area contributed by atoms with E-state index >= 15 is 0 Å². The van der Waals surface area contributed by atoms with Gasteiger partial charge in [-0.2, -0.15) is 0 Å². The van der Waals surface area contributed by atoms with E-state index in [2.05, 4.69) is 10.3 Å². The summed E-state index contributed by atoms with van der Waals surface area (Å²) in [6.07, 6.45) is 0. The van der Waals surface area contributed by atoms with Crippen molar-refractivity contribution in [2.75, 3.05) is 12.4 Å². The summed E-state index contributed by atoms with van der Waals surface area (Å²) >= 11 is 5.92. The van der Waals surface area contributed by atoms with Crippen LogP contribution < -0.4 is 10.1 Å². The molecule has 0 saturated carbocycles. The number of anilines is 1. The van der Waals surface area contributed by atoms with Crippen molar-refractivity contribution in [1.82, 2.24) is 4.98 Å². The number of halogens is 1. The zero-order chi connectivity index (χ0) is 15.7. The van der Waals surface area contributed by atoms with Crippen molar-refractivity contribution in [2.45, 2.75) is 6.92 Å². The molecule has 0 radical (unpaired) electrons. The van der Waals surface area contributed by atoms with Crippen LogP contribution >= 0.6 is 11.6 Å². The van der Waals surface area contributed by atoms with Crippen LogP contribution in [0.3, 0.4) is 0 Å². The summed E-state index contributed by atoms with van der Waals surface area (Å²) < 4.78 is 5.19. The smallest absolute Gasteiger partial charge is 0.272 e. The molecule has 3 rings (SSSR count). The Balaban J connectivity index is 1.88. The van der Waals surface area contributed by atoms with Crippen LogP contribution in [0.25, 0.3) is 10.9 Å². The Morgan fingerprint density at radius 2 is 2.00 bits per heavy atom. The number of methoxy groups -OCH3 is 1. The van der Waals surface area contributed by atoms with Crippen molar-refractivity contribution in [2.24, 2.45) is 0 Å². The Kier molecular flexibility index (Phi) is 3.77. The van der Waals surface area contributed by atoms with Crippen LogP contribution in [-0.4, -0.2) is 18.0 Å². The van der Waals surface area contributed by atoms with Gasteiger partial charge in [-0.15, -0.1) is 0 Å². The number of aromatic nitrogens is 1. The van der Waals surface area contributed by atoms with Crippen molar-refractivity contribution in [1.29, 1.82) is 0 Å². The lowest BCUT2D eigenvalue weighted by Gasteiger charge is -2.07. The van der Waals surface area contributed by atoms with Gasteiger partial charge in [0.1, 0.15) is 11.4 Å². The van der Waals surface area contributed by atoms with E-state index in [-0.39, 0.29) is 5.91 Å². The van der Waals surface area contributed by atoms with Crippen LogP contribution in [0.5, 0.6) is 5.75 Å². The first-order chi connectivity index (χ1) is 10.6. The lowest BCUT2D eigenvalue weighted by Crippen LogP contribution is -2.13. The van der Waals surface area contributed by atoms with E-state index in [1.165, 1.54) is 0 Å². The molecule has 0 unspecified atom stereocenters. The average molecular weight is 315 g/mol. The Labute approximate surface area is 133 Å². The standard InChI is InChI=1S/C17H15ClN2O2/c1-10-7-12(18)3-5-14(10)20-17(21)16-9-11-8-13(22-2)4-6-15(11)19-16/h3-9,19H,1-2H3,(H,20,21). The molecule has 0 aliphatic carbocycles. The van der Waals surface area contributed by atoms with Crippen LogP contribution in [-0.2, 0) is 0 Å². The quantitative estimate of drug-likeness (QED) is 0.753. The number of rotatable bonds is 3. The number of amides is 1. The van der Waals surface area contributed by atoms with Crippen molar-refractivity contribution < 1.29 is 9.53 Å². The third-order valence-corrected chi connectivity index (χ3v) is 3.74. The molecule has 0 aliphatic rings. The first kappa shape index (κ1) is 14.5. The van der Waals surface area contributed by atoms with E-state index in [1.807, 2.05) is 31.2 Å². The Hall–Kier alpha value is -2.46. The minimum absolute atomic E-state index is 0.194. The highest BCUT2D eigenvalue weighted by atomic mass is 35.5. The maximum absolute atomic E-state index is 12.4. The number of hydrogen-bond donors (Lipinski definition) is 2. The molecule has 0 bridgehead atoms. The molecular weight excluding hydrogens is 300 g/mol. The van der Waals surface area contributed by atoms with Gasteiger partial charge in [0.25, 0.3) is 5.91 Å². The molecule has 1 heterocycles. The van der Waals surface area contributed by atoms with Gasteiger partial charge < -0.3 is 15.0 Å². The van der Waals surface area contributed by atoms with Gasteiger partial charge in [-0.3, -0.25) is 4.79 Å². The minimum Gasteiger partial charge on any atom is -0.497 e. The summed E-state index contributed by atoms with van der Waals surface area (Å²) in [5.41, 5.74) is 3.04. The number of aryl methyl sites for hydroxylation is 1. The molecule has 2 aromatic carbocycles. The number of carbonyl (C=O) groups excluding carboxylic acids is 1. The fourth-order valence-corrected chi connectivity index (χ4v) is 2.54. The largest absolute Gasteiger partial charge is 0.497 e. The van der Waals surface area contributed by atoms with Crippen molar-refractivity contribution in [3.05, 3.63) is 58.7 Å². The van der Waals surface area contributed by atoms with E-state index in [0.717, 1.165) is 27.9 Å². The molecular formula is C17H15ClN2O2. The molecule has 0 saturated heterocycles. The number of hydrogen-bond acceptors (Lipinski definition) is 2. The molecule has 22 heavy (non-hydrogen) atoms. The third kappa shape index (κ3) is 2.78. The molecule has 3 aromatic rings. The van der Waals surface area contributed by atoms with Crippen molar-refractivity contribution in [3.63, 3.8) is 0 Å². The Morgan fingerprint density at radius 3 is 2.73 bits per heavy atom. The fraction of sp³-hybridized carbons (Fsp3) is 0.118. The number of carbonyl (C=O) groups is 1. The first-order valence-electron chi connectivity index (χ1n) is 6.81. The van der Waals surface area contributed by atoms with Crippen molar-refractivity contribution >= 4 is 34.1 Å². The summed E-state index contributed by atoms with van der Waals surface area (Å²) in [5, 5.41) is 4.46. The van der Waals surface area contributed by atoms with Gasteiger partial charge in [0, 0.05) is 21.6 Å². The van der Waals surface area contributed by atoms with E-state index in [0.29, 0.717) is 10.7 Å². The second kappa shape index (κ2) is 5.73. The average Bonchev–Trinajstić information content (AvgIpc) is 2.93. The van der Waals surface area contributed by atoms with Gasteiger partial charge in [-0.05, 0) is 55.0 Å². The fourth-order valence-electron chi connectivity index (χ4n) is 2.32. The topological polar surface area (TPSA) is 54.1 Å². The number of H-pyrrole nitrogens is 1. The van der Waals surface area contributed by atoms with E-state index in [1.54, 1.807) is 25.3 Å². The highest BCUT2D eigenvalue weighted by Gasteiger charge is 2.11. The summed E-state index contributed by atoms with van der Waals surface area (Å²) in [5.74, 6) is 0.563. The summed E-state index contributed by atoms with van der Waals surface area (Å²) in [6, 6.07) is 12.8. The second-order valence-electron chi connectivity index (χ2n) is 5.05.